The van der Waals surface area contributed by atoms with Gasteiger partial charge in [0.05, 0.1) is 17.8 Å². The van der Waals surface area contributed by atoms with Gasteiger partial charge in [0, 0.05) is 6.20 Å². The summed E-state index contributed by atoms with van der Waals surface area (Å²) in [5.74, 6) is 1.62. The zero-order valence-electron chi connectivity index (χ0n) is 10.9. The highest BCUT2D eigenvalue weighted by Crippen LogP contribution is 2.28. The highest BCUT2D eigenvalue weighted by molar-refractivity contribution is 5.34. The minimum absolute atomic E-state index is 0.246. The van der Waals surface area contributed by atoms with E-state index in [0.717, 1.165) is 35.7 Å². The molecule has 1 fully saturated rings. The lowest BCUT2D eigenvalue weighted by molar-refractivity contribution is 0.303. The normalized spacial score (nSPS) is 16.1. The molecule has 2 aromatic rings. The largest absolute Gasteiger partial charge is 0.490 e. The Morgan fingerprint density at radius 3 is 2.89 bits per heavy atom. The van der Waals surface area contributed by atoms with E-state index in [4.69, 9.17) is 10.5 Å². The summed E-state index contributed by atoms with van der Waals surface area (Å²) in [5.41, 5.74) is 8.09. The molecule has 19 heavy (non-hydrogen) atoms. The summed E-state index contributed by atoms with van der Waals surface area (Å²) in [5, 5.41) is 0. The molecule has 1 unspecified atom stereocenters. The molecule has 1 aromatic carbocycles. The number of nitrogens with zero attached hydrogens (tertiary/aromatic N) is 2. The zero-order valence-corrected chi connectivity index (χ0v) is 10.9. The first-order chi connectivity index (χ1) is 9.22. The maximum Gasteiger partial charge on any atom is 0.125 e. The van der Waals surface area contributed by atoms with Crippen LogP contribution in [0.4, 0.5) is 0 Å². The molecule has 1 aliphatic carbocycles. The standard InChI is InChI=1S/C15H17N3O/c1-10-17-8-7-14(18-10)15(16)11-3-2-4-13(9-11)19-12-5-6-12/h2-4,7-9,12,15H,5-6,16H2,1H3. The van der Waals surface area contributed by atoms with Gasteiger partial charge in [-0.3, -0.25) is 0 Å². The van der Waals surface area contributed by atoms with Crippen molar-refractivity contribution in [3.05, 3.63) is 53.6 Å². The van der Waals surface area contributed by atoms with Gasteiger partial charge in [-0.15, -0.1) is 0 Å². The van der Waals surface area contributed by atoms with Crippen molar-refractivity contribution in [3.63, 3.8) is 0 Å². The van der Waals surface area contributed by atoms with Crippen LogP contribution in [0, 0.1) is 6.92 Å². The smallest absolute Gasteiger partial charge is 0.125 e. The Morgan fingerprint density at radius 2 is 2.16 bits per heavy atom. The van der Waals surface area contributed by atoms with E-state index in [0.29, 0.717) is 6.10 Å². The average Bonchev–Trinajstić information content (AvgIpc) is 3.22. The predicted molar refractivity (Wildman–Crippen MR) is 72.9 cm³/mol. The van der Waals surface area contributed by atoms with Gasteiger partial charge in [-0.25, -0.2) is 9.97 Å². The summed E-state index contributed by atoms with van der Waals surface area (Å²) < 4.78 is 5.79. The van der Waals surface area contributed by atoms with Crippen molar-refractivity contribution in [1.29, 1.82) is 0 Å². The lowest BCUT2D eigenvalue weighted by Gasteiger charge is -2.13. The maximum atomic E-state index is 6.25. The molecule has 4 heteroatoms. The topological polar surface area (TPSA) is 61.0 Å². The number of hydrogen-bond donors (Lipinski definition) is 1. The molecule has 3 rings (SSSR count). The molecule has 0 saturated heterocycles. The molecule has 0 radical (unpaired) electrons. The van der Waals surface area contributed by atoms with Crippen LogP contribution in [0.3, 0.4) is 0 Å². The van der Waals surface area contributed by atoms with Crippen LogP contribution in [0.5, 0.6) is 5.75 Å². The van der Waals surface area contributed by atoms with Crippen LogP contribution < -0.4 is 10.5 Å². The van der Waals surface area contributed by atoms with Crippen molar-refractivity contribution in [2.24, 2.45) is 5.73 Å². The molecule has 2 N–H and O–H groups in total. The lowest BCUT2D eigenvalue weighted by Crippen LogP contribution is -2.14. The van der Waals surface area contributed by atoms with Gasteiger partial charge in [0.15, 0.2) is 0 Å². The van der Waals surface area contributed by atoms with E-state index < -0.39 is 0 Å². The third-order valence-corrected chi connectivity index (χ3v) is 3.16. The lowest BCUT2D eigenvalue weighted by atomic mass is 10.0. The summed E-state index contributed by atoms with van der Waals surface area (Å²) >= 11 is 0. The van der Waals surface area contributed by atoms with Crippen molar-refractivity contribution in [1.82, 2.24) is 9.97 Å². The van der Waals surface area contributed by atoms with Crippen LogP contribution in [-0.4, -0.2) is 16.1 Å². The van der Waals surface area contributed by atoms with Crippen LogP contribution in [0.15, 0.2) is 36.5 Å². The van der Waals surface area contributed by atoms with Crippen LogP contribution in [0.1, 0.15) is 36.0 Å². The quantitative estimate of drug-likeness (QED) is 0.911. The second-order valence-corrected chi connectivity index (χ2v) is 4.90. The minimum atomic E-state index is -0.246. The predicted octanol–water partition coefficient (Wildman–Crippen LogP) is 2.37. The molecule has 1 aromatic heterocycles. The Labute approximate surface area is 112 Å². The number of aryl methyl sites for hydroxylation is 1. The molecule has 4 nitrogen and oxygen atoms in total. The fourth-order valence-electron chi connectivity index (χ4n) is 1.98. The third kappa shape index (κ3) is 2.90. The van der Waals surface area contributed by atoms with Crippen molar-refractivity contribution in [2.45, 2.75) is 31.9 Å². The molecule has 0 bridgehead atoms. The fourth-order valence-corrected chi connectivity index (χ4v) is 1.98. The highest BCUT2D eigenvalue weighted by Gasteiger charge is 2.23. The fraction of sp³-hybridized carbons (Fsp3) is 0.333. The highest BCUT2D eigenvalue weighted by atomic mass is 16.5. The van der Waals surface area contributed by atoms with E-state index in [2.05, 4.69) is 9.97 Å². The van der Waals surface area contributed by atoms with E-state index >= 15 is 0 Å². The minimum Gasteiger partial charge on any atom is -0.490 e. The van der Waals surface area contributed by atoms with Gasteiger partial charge >= 0.3 is 0 Å². The van der Waals surface area contributed by atoms with Crippen LogP contribution in [0.25, 0.3) is 0 Å². The first kappa shape index (κ1) is 12.1. The van der Waals surface area contributed by atoms with Gasteiger partial charge in [-0.2, -0.15) is 0 Å². The van der Waals surface area contributed by atoms with Crippen molar-refractivity contribution in [2.75, 3.05) is 0 Å². The first-order valence-electron chi connectivity index (χ1n) is 6.54. The van der Waals surface area contributed by atoms with Crippen molar-refractivity contribution in [3.8, 4) is 5.75 Å². The number of nitrogens with two attached hydrogens (primary N) is 1. The number of hydrogen-bond acceptors (Lipinski definition) is 4. The van der Waals surface area contributed by atoms with Gasteiger partial charge in [0.1, 0.15) is 11.6 Å². The molecule has 1 aliphatic rings. The van der Waals surface area contributed by atoms with E-state index in [1.807, 2.05) is 37.3 Å². The van der Waals surface area contributed by atoms with Crippen molar-refractivity contribution >= 4 is 0 Å². The summed E-state index contributed by atoms with van der Waals surface area (Å²) in [4.78, 5) is 8.47. The number of rotatable bonds is 4. The molecule has 0 aliphatic heterocycles. The van der Waals surface area contributed by atoms with Crippen molar-refractivity contribution < 1.29 is 4.74 Å². The van der Waals surface area contributed by atoms with Crippen LogP contribution in [-0.2, 0) is 0 Å². The summed E-state index contributed by atoms with van der Waals surface area (Å²) in [6.45, 7) is 1.86. The Kier molecular flexibility index (Phi) is 3.17. The number of benzene rings is 1. The molecule has 0 amide bonds. The number of aromatic nitrogens is 2. The van der Waals surface area contributed by atoms with Crippen LogP contribution in [0.2, 0.25) is 0 Å². The molecule has 0 spiro atoms. The Morgan fingerprint density at radius 1 is 1.32 bits per heavy atom. The molecule has 1 heterocycles. The molecular weight excluding hydrogens is 238 g/mol. The van der Waals surface area contributed by atoms with Gasteiger partial charge in [0.25, 0.3) is 0 Å². The maximum absolute atomic E-state index is 6.25. The Balaban J connectivity index is 1.83. The molecule has 1 atom stereocenters. The van der Waals surface area contributed by atoms with Crippen LogP contribution >= 0.6 is 0 Å². The summed E-state index contributed by atoms with van der Waals surface area (Å²) in [6.07, 6.45) is 4.44. The van der Waals surface area contributed by atoms with Gasteiger partial charge < -0.3 is 10.5 Å². The van der Waals surface area contributed by atoms with E-state index in [9.17, 15) is 0 Å². The van der Waals surface area contributed by atoms with E-state index in [1.54, 1.807) is 6.20 Å². The monoisotopic (exact) mass is 255 g/mol. The van der Waals surface area contributed by atoms with E-state index in [1.165, 1.54) is 0 Å². The van der Waals surface area contributed by atoms with Gasteiger partial charge in [-0.05, 0) is 43.5 Å². The molecule has 98 valence electrons. The summed E-state index contributed by atoms with van der Waals surface area (Å²) in [6, 6.07) is 9.55. The second-order valence-electron chi connectivity index (χ2n) is 4.90. The first-order valence-corrected chi connectivity index (χ1v) is 6.54. The second kappa shape index (κ2) is 4.97. The Hall–Kier alpha value is -1.94. The SMILES string of the molecule is Cc1nccc(C(N)c2cccc(OC3CC3)c2)n1. The number of ether oxygens (including phenoxy) is 1. The average molecular weight is 255 g/mol. The van der Waals surface area contributed by atoms with Gasteiger partial charge in [0.2, 0.25) is 0 Å². The van der Waals surface area contributed by atoms with E-state index in [-0.39, 0.29) is 6.04 Å². The summed E-state index contributed by atoms with van der Waals surface area (Å²) in [7, 11) is 0. The zero-order chi connectivity index (χ0) is 13.2. The van der Waals surface area contributed by atoms with Gasteiger partial charge in [-0.1, -0.05) is 12.1 Å². The molecular formula is C15H17N3O. The Bertz CT molecular complexity index is 581. The third-order valence-electron chi connectivity index (χ3n) is 3.16. The molecule has 1 saturated carbocycles.